The maximum atomic E-state index is 11.8. The summed E-state index contributed by atoms with van der Waals surface area (Å²) in [5, 5.41) is 15.0. The van der Waals surface area contributed by atoms with Crippen molar-refractivity contribution < 1.29 is 22.9 Å². The van der Waals surface area contributed by atoms with Gasteiger partial charge in [-0.1, -0.05) is 11.6 Å². The first-order valence-electron chi connectivity index (χ1n) is 4.40. The van der Waals surface area contributed by atoms with Crippen LogP contribution < -0.4 is 5.32 Å². The molecular formula is C7H6ClF3N4O3. The Hall–Kier alpha value is -1.84. The van der Waals surface area contributed by atoms with E-state index in [9.17, 15) is 28.1 Å². The molecule has 0 saturated heterocycles. The predicted octanol–water partition coefficient (Wildman–Crippen LogP) is 1.12. The van der Waals surface area contributed by atoms with Crippen LogP contribution in [0.2, 0.25) is 5.02 Å². The third kappa shape index (κ3) is 4.20. The Labute approximate surface area is 103 Å². The van der Waals surface area contributed by atoms with E-state index in [-0.39, 0.29) is 5.02 Å². The Bertz CT molecular complexity index is 473. The zero-order valence-electron chi connectivity index (χ0n) is 8.57. The molecule has 0 spiro atoms. The van der Waals surface area contributed by atoms with Crippen molar-refractivity contribution in [1.29, 1.82) is 0 Å². The number of hydrogen-bond acceptors (Lipinski definition) is 4. The molecule has 7 nitrogen and oxygen atoms in total. The minimum Gasteiger partial charge on any atom is -0.358 e. The number of alkyl halides is 3. The molecule has 0 aliphatic carbocycles. The van der Waals surface area contributed by atoms with Gasteiger partial charge in [0.25, 0.3) is 0 Å². The van der Waals surface area contributed by atoms with E-state index in [4.69, 9.17) is 11.6 Å². The van der Waals surface area contributed by atoms with Crippen molar-refractivity contribution in [2.45, 2.75) is 12.7 Å². The summed E-state index contributed by atoms with van der Waals surface area (Å²) in [5.74, 6) is -1.65. The van der Waals surface area contributed by atoms with Crippen molar-refractivity contribution in [3.05, 3.63) is 21.3 Å². The number of aromatic nitrogens is 2. The van der Waals surface area contributed by atoms with Gasteiger partial charge in [0.2, 0.25) is 5.91 Å². The van der Waals surface area contributed by atoms with Crippen molar-refractivity contribution in [3.8, 4) is 0 Å². The lowest BCUT2D eigenvalue weighted by Crippen LogP contribution is -2.35. The zero-order chi connectivity index (χ0) is 13.9. The lowest BCUT2D eigenvalue weighted by Gasteiger charge is -2.06. The van der Waals surface area contributed by atoms with Crippen LogP contribution in [0.5, 0.6) is 0 Å². The van der Waals surface area contributed by atoms with Crippen molar-refractivity contribution in [3.63, 3.8) is 0 Å². The highest BCUT2D eigenvalue weighted by Crippen LogP contribution is 2.21. The number of nitrogens with zero attached hydrogens (tertiary/aromatic N) is 3. The molecule has 0 atom stereocenters. The highest BCUT2D eigenvalue weighted by molar-refractivity contribution is 6.32. The average Bonchev–Trinajstić information content (AvgIpc) is 2.55. The Balaban J connectivity index is 2.60. The van der Waals surface area contributed by atoms with Crippen LogP contribution in [0, 0.1) is 10.1 Å². The molecule has 0 radical (unpaired) electrons. The molecule has 1 amide bonds. The van der Waals surface area contributed by atoms with Gasteiger partial charge in [-0.3, -0.25) is 4.79 Å². The van der Waals surface area contributed by atoms with Crippen LogP contribution in [0.25, 0.3) is 0 Å². The molecule has 1 aromatic heterocycles. The first kappa shape index (κ1) is 14.2. The van der Waals surface area contributed by atoms with Gasteiger partial charge in [0, 0.05) is 0 Å². The molecule has 0 aliphatic heterocycles. The fraction of sp³-hybridized carbons (Fsp3) is 0.429. The molecule has 1 aromatic rings. The van der Waals surface area contributed by atoms with Gasteiger partial charge in [0.1, 0.15) is 13.1 Å². The minimum atomic E-state index is -4.52. The number of hydrogen-bond donors (Lipinski definition) is 1. The Morgan fingerprint density at radius 3 is 2.67 bits per heavy atom. The molecule has 1 rings (SSSR count). The maximum absolute atomic E-state index is 11.8. The van der Waals surface area contributed by atoms with Gasteiger partial charge in [0.05, 0.1) is 11.3 Å². The molecule has 0 saturated carbocycles. The molecule has 0 unspecified atom stereocenters. The van der Waals surface area contributed by atoms with Crippen LogP contribution in [0.15, 0.2) is 6.20 Å². The summed E-state index contributed by atoms with van der Waals surface area (Å²) >= 11 is 5.44. The third-order valence-corrected chi connectivity index (χ3v) is 1.93. The van der Waals surface area contributed by atoms with E-state index in [1.54, 1.807) is 5.32 Å². The summed E-state index contributed by atoms with van der Waals surface area (Å²) in [6.07, 6.45) is -3.55. The summed E-state index contributed by atoms with van der Waals surface area (Å²) < 4.78 is 36.1. The molecule has 0 fully saturated rings. The van der Waals surface area contributed by atoms with E-state index in [1.807, 2.05) is 0 Å². The molecule has 1 heterocycles. The van der Waals surface area contributed by atoms with Gasteiger partial charge in [-0.25, -0.2) is 0 Å². The fourth-order valence-corrected chi connectivity index (χ4v) is 1.21. The quantitative estimate of drug-likeness (QED) is 0.663. The summed E-state index contributed by atoms with van der Waals surface area (Å²) in [6, 6.07) is 0. The average molecular weight is 287 g/mol. The van der Waals surface area contributed by atoms with Crippen molar-refractivity contribution in [2.24, 2.45) is 0 Å². The van der Waals surface area contributed by atoms with Crippen LogP contribution in [-0.4, -0.2) is 33.3 Å². The van der Waals surface area contributed by atoms with Crippen LogP contribution >= 0.6 is 11.6 Å². The number of rotatable bonds is 4. The van der Waals surface area contributed by atoms with Crippen molar-refractivity contribution in [1.82, 2.24) is 15.1 Å². The van der Waals surface area contributed by atoms with Gasteiger partial charge >= 0.3 is 12.0 Å². The maximum Gasteiger partial charge on any atom is 0.408 e. The summed E-state index contributed by atoms with van der Waals surface area (Å²) in [7, 11) is 0. The van der Waals surface area contributed by atoms with Gasteiger partial charge < -0.3 is 15.4 Å². The largest absolute Gasteiger partial charge is 0.408 e. The Morgan fingerprint density at radius 1 is 1.61 bits per heavy atom. The number of amides is 1. The SMILES string of the molecule is O=C(Cn1cc(Cl)c([N+](=O)[O-])n1)NCC(F)(F)F. The molecule has 100 valence electrons. The Kier molecular flexibility index (Phi) is 4.11. The molecule has 11 heteroatoms. The standard InChI is InChI=1S/C7H6ClF3N4O3/c8-4-1-14(13-6(4)15(17)18)2-5(16)12-3-7(9,10)11/h1H,2-3H2,(H,12,16). The lowest BCUT2D eigenvalue weighted by molar-refractivity contribution is -0.389. The normalized spacial score (nSPS) is 11.3. The summed E-state index contributed by atoms with van der Waals surface area (Å²) in [4.78, 5) is 20.6. The first-order chi connectivity index (χ1) is 8.19. The number of nitro groups is 1. The topological polar surface area (TPSA) is 90.1 Å². The predicted molar refractivity (Wildman–Crippen MR) is 53.0 cm³/mol. The van der Waals surface area contributed by atoms with Gasteiger partial charge in [-0.15, -0.1) is 0 Å². The van der Waals surface area contributed by atoms with E-state index in [0.29, 0.717) is 0 Å². The zero-order valence-corrected chi connectivity index (χ0v) is 9.33. The van der Waals surface area contributed by atoms with Crippen LogP contribution in [0.3, 0.4) is 0 Å². The number of halogens is 4. The van der Waals surface area contributed by atoms with Gasteiger partial charge in [0.15, 0.2) is 5.02 Å². The molecule has 1 N–H and O–H groups in total. The smallest absolute Gasteiger partial charge is 0.358 e. The monoisotopic (exact) mass is 286 g/mol. The van der Waals surface area contributed by atoms with Gasteiger partial charge in [-0.05, 0) is 4.92 Å². The Morgan fingerprint density at radius 2 is 2.22 bits per heavy atom. The highest BCUT2D eigenvalue weighted by Gasteiger charge is 2.28. The fourth-order valence-electron chi connectivity index (χ4n) is 0.993. The van der Waals surface area contributed by atoms with E-state index >= 15 is 0 Å². The van der Waals surface area contributed by atoms with Crippen LogP contribution in [-0.2, 0) is 11.3 Å². The summed E-state index contributed by atoms with van der Waals surface area (Å²) in [5.41, 5.74) is 0. The first-order valence-corrected chi connectivity index (χ1v) is 4.77. The van der Waals surface area contributed by atoms with Crippen molar-refractivity contribution >= 4 is 23.3 Å². The second-order valence-electron chi connectivity index (χ2n) is 3.15. The van der Waals surface area contributed by atoms with Crippen LogP contribution in [0.4, 0.5) is 19.0 Å². The number of carbonyl (C=O) groups is 1. The highest BCUT2D eigenvalue weighted by atomic mass is 35.5. The number of nitrogens with one attached hydrogen (secondary N) is 1. The van der Waals surface area contributed by atoms with E-state index in [0.717, 1.165) is 10.9 Å². The second kappa shape index (κ2) is 5.21. The lowest BCUT2D eigenvalue weighted by atomic mass is 10.5. The summed E-state index contributed by atoms with van der Waals surface area (Å²) in [6.45, 7) is -2.08. The third-order valence-electron chi connectivity index (χ3n) is 1.66. The minimum absolute atomic E-state index is 0.302. The molecule has 0 aliphatic rings. The molecule has 0 aromatic carbocycles. The van der Waals surface area contributed by atoms with E-state index < -0.39 is 35.9 Å². The second-order valence-corrected chi connectivity index (χ2v) is 3.55. The molecule has 18 heavy (non-hydrogen) atoms. The molecule has 0 bridgehead atoms. The number of carbonyl (C=O) groups excluding carboxylic acids is 1. The molecular weight excluding hydrogens is 281 g/mol. The van der Waals surface area contributed by atoms with E-state index in [1.165, 1.54) is 0 Å². The van der Waals surface area contributed by atoms with Crippen molar-refractivity contribution in [2.75, 3.05) is 6.54 Å². The van der Waals surface area contributed by atoms with Gasteiger partial charge in [-0.2, -0.15) is 17.9 Å². The van der Waals surface area contributed by atoms with Crippen LogP contribution in [0.1, 0.15) is 0 Å². The van der Waals surface area contributed by atoms with E-state index in [2.05, 4.69) is 5.10 Å².